The van der Waals surface area contributed by atoms with Crippen molar-refractivity contribution >= 4 is 11.7 Å². The number of rotatable bonds is 7. The van der Waals surface area contributed by atoms with E-state index in [0.717, 1.165) is 31.7 Å². The van der Waals surface area contributed by atoms with Crippen molar-refractivity contribution in [2.75, 3.05) is 18.5 Å². The maximum absolute atomic E-state index is 12.4. The number of amides is 1. The molecule has 1 saturated heterocycles. The van der Waals surface area contributed by atoms with Crippen molar-refractivity contribution in [2.24, 2.45) is 5.92 Å². The predicted octanol–water partition coefficient (Wildman–Crippen LogP) is 3.35. The molecule has 0 spiro atoms. The summed E-state index contributed by atoms with van der Waals surface area (Å²) in [5.41, 5.74) is 0.585. The van der Waals surface area contributed by atoms with Crippen LogP contribution < -0.4 is 10.1 Å². The van der Waals surface area contributed by atoms with E-state index >= 15 is 0 Å². The molecule has 1 atom stereocenters. The van der Waals surface area contributed by atoms with Gasteiger partial charge in [-0.3, -0.25) is 4.79 Å². The lowest BCUT2D eigenvalue weighted by atomic mass is 10.2. The fourth-order valence-corrected chi connectivity index (χ4v) is 2.79. The summed E-state index contributed by atoms with van der Waals surface area (Å²) in [7, 11) is 0. The first-order chi connectivity index (χ1) is 12.1. The minimum absolute atomic E-state index is 0.156. The number of nitrogens with zero attached hydrogens (tertiary/aromatic N) is 2. The number of anilines is 1. The lowest BCUT2D eigenvalue weighted by Gasteiger charge is -2.12. The first-order valence-corrected chi connectivity index (χ1v) is 8.79. The van der Waals surface area contributed by atoms with Crippen LogP contribution >= 0.6 is 0 Å². The molecule has 0 saturated carbocycles. The maximum Gasteiger partial charge on any atom is 0.256 e. The lowest BCUT2D eigenvalue weighted by Crippen LogP contribution is -2.17. The van der Waals surface area contributed by atoms with E-state index in [0.29, 0.717) is 23.9 Å². The monoisotopic (exact) mass is 343 g/mol. The fraction of sp³-hybridized carbons (Fsp3) is 0.474. The number of nitrogens with one attached hydrogen (secondary N) is 1. The van der Waals surface area contributed by atoms with Crippen LogP contribution in [0.15, 0.2) is 36.5 Å². The highest BCUT2D eigenvalue weighted by Gasteiger charge is 2.16. The quantitative estimate of drug-likeness (QED) is 0.837. The summed E-state index contributed by atoms with van der Waals surface area (Å²) in [5, 5.41) is 7.16. The zero-order chi connectivity index (χ0) is 17.6. The van der Waals surface area contributed by atoms with Gasteiger partial charge in [-0.05, 0) is 43.0 Å². The molecule has 0 aliphatic carbocycles. The van der Waals surface area contributed by atoms with Gasteiger partial charge in [-0.1, -0.05) is 13.8 Å². The number of hydrogen-bond acceptors (Lipinski definition) is 4. The number of benzene rings is 1. The van der Waals surface area contributed by atoms with Gasteiger partial charge in [0.2, 0.25) is 0 Å². The summed E-state index contributed by atoms with van der Waals surface area (Å²) >= 11 is 0. The van der Waals surface area contributed by atoms with Gasteiger partial charge in [0.1, 0.15) is 18.2 Å². The van der Waals surface area contributed by atoms with Gasteiger partial charge in [0.05, 0.1) is 12.3 Å². The Kier molecular flexibility index (Phi) is 5.71. The average molecular weight is 343 g/mol. The minimum atomic E-state index is -0.156. The molecule has 134 valence electrons. The van der Waals surface area contributed by atoms with E-state index < -0.39 is 0 Å². The van der Waals surface area contributed by atoms with Crippen molar-refractivity contribution in [1.29, 1.82) is 0 Å². The van der Waals surface area contributed by atoms with E-state index in [9.17, 15) is 4.79 Å². The summed E-state index contributed by atoms with van der Waals surface area (Å²) in [6, 6.07) is 8.97. The number of aromatic nitrogens is 2. The zero-order valence-electron chi connectivity index (χ0n) is 14.8. The average Bonchev–Trinajstić information content (AvgIpc) is 3.25. The first kappa shape index (κ1) is 17.5. The molecular formula is C19H25N3O3. The van der Waals surface area contributed by atoms with E-state index in [1.54, 1.807) is 24.4 Å². The molecule has 1 N–H and O–H groups in total. The molecule has 1 aromatic heterocycles. The second-order valence-electron chi connectivity index (χ2n) is 6.72. The molecule has 0 radical (unpaired) electrons. The third-order valence-electron chi connectivity index (χ3n) is 4.07. The molecular weight excluding hydrogens is 318 g/mol. The standard InChI is InChI=1S/C19H25N3O3/c1-14(2)12-22-18(9-10-20-22)21-19(23)15-5-7-16(8-6-15)25-13-17-4-3-11-24-17/h5-10,14,17H,3-4,11-13H2,1-2H3,(H,21,23). The summed E-state index contributed by atoms with van der Waals surface area (Å²) in [4.78, 5) is 12.4. The van der Waals surface area contributed by atoms with E-state index in [2.05, 4.69) is 24.3 Å². The molecule has 2 heterocycles. The van der Waals surface area contributed by atoms with Gasteiger partial charge in [-0.25, -0.2) is 4.68 Å². The van der Waals surface area contributed by atoms with Crippen LogP contribution in [-0.2, 0) is 11.3 Å². The fourth-order valence-electron chi connectivity index (χ4n) is 2.79. The molecule has 25 heavy (non-hydrogen) atoms. The van der Waals surface area contributed by atoms with Gasteiger partial charge in [0.25, 0.3) is 5.91 Å². The van der Waals surface area contributed by atoms with Crippen LogP contribution in [0.25, 0.3) is 0 Å². The Morgan fingerprint density at radius 3 is 2.84 bits per heavy atom. The van der Waals surface area contributed by atoms with Crippen molar-refractivity contribution in [1.82, 2.24) is 9.78 Å². The normalized spacial score (nSPS) is 17.0. The number of carbonyl (C=O) groups is 1. The molecule has 1 unspecified atom stereocenters. The van der Waals surface area contributed by atoms with Crippen molar-refractivity contribution in [3.05, 3.63) is 42.1 Å². The largest absolute Gasteiger partial charge is 0.491 e. The molecule has 6 nitrogen and oxygen atoms in total. The van der Waals surface area contributed by atoms with E-state index in [1.165, 1.54) is 0 Å². The van der Waals surface area contributed by atoms with E-state index in [4.69, 9.17) is 9.47 Å². The van der Waals surface area contributed by atoms with Crippen molar-refractivity contribution < 1.29 is 14.3 Å². The van der Waals surface area contributed by atoms with Crippen LogP contribution in [0.2, 0.25) is 0 Å². The SMILES string of the molecule is CC(C)Cn1nccc1NC(=O)c1ccc(OCC2CCCO2)cc1. The molecule has 1 amide bonds. The lowest BCUT2D eigenvalue weighted by molar-refractivity contribution is 0.0679. The zero-order valence-corrected chi connectivity index (χ0v) is 14.8. The molecule has 1 aliphatic heterocycles. The molecule has 2 aromatic rings. The number of hydrogen-bond donors (Lipinski definition) is 1. The Bertz CT molecular complexity index is 688. The maximum atomic E-state index is 12.4. The molecule has 0 bridgehead atoms. The summed E-state index contributed by atoms with van der Waals surface area (Å²) in [5.74, 6) is 1.75. The smallest absolute Gasteiger partial charge is 0.256 e. The van der Waals surface area contributed by atoms with Crippen LogP contribution in [0.5, 0.6) is 5.75 Å². The Morgan fingerprint density at radius 1 is 1.36 bits per heavy atom. The predicted molar refractivity (Wildman–Crippen MR) is 95.9 cm³/mol. The second-order valence-corrected chi connectivity index (χ2v) is 6.72. The summed E-state index contributed by atoms with van der Waals surface area (Å²) < 4.78 is 13.1. The van der Waals surface area contributed by atoms with Crippen LogP contribution in [-0.4, -0.2) is 35.0 Å². The highest BCUT2D eigenvalue weighted by molar-refractivity contribution is 6.03. The molecule has 3 rings (SSSR count). The number of ether oxygens (including phenoxy) is 2. The van der Waals surface area contributed by atoms with Gasteiger partial charge in [0.15, 0.2) is 0 Å². The van der Waals surface area contributed by atoms with Gasteiger partial charge in [-0.2, -0.15) is 5.10 Å². The van der Waals surface area contributed by atoms with Gasteiger partial charge in [-0.15, -0.1) is 0 Å². The molecule has 1 aromatic carbocycles. The highest BCUT2D eigenvalue weighted by Crippen LogP contribution is 2.17. The van der Waals surface area contributed by atoms with Gasteiger partial charge >= 0.3 is 0 Å². The summed E-state index contributed by atoms with van der Waals surface area (Å²) in [6.45, 7) is 6.37. The second kappa shape index (κ2) is 8.16. The van der Waals surface area contributed by atoms with Crippen LogP contribution in [0, 0.1) is 5.92 Å². The van der Waals surface area contributed by atoms with Gasteiger partial charge in [0, 0.05) is 24.8 Å². The van der Waals surface area contributed by atoms with Crippen molar-refractivity contribution in [3.63, 3.8) is 0 Å². The number of carbonyl (C=O) groups excluding carboxylic acids is 1. The third-order valence-corrected chi connectivity index (χ3v) is 4.07. The van der Waals surface area contributed by atoms with Crippen molar-refractivity contribution in [3.8, 4) is 5.75 Å². The minimum Gasteiger partial charge on any atom is -0.491 e. The Morgan fingerprint density at radius 2 is 2.16 bits per heavy atom. The topological polar surface area (TPSA) is 65.4 Å². The van der Waals surface area contributed by atoms with E-state index in [1.807, 2.05) is 16.8 Å². The third kappa shape index (κ3) is 4.82. The van der Waals surface area contributed by atoms with Crippen LogP contribution in [0.1, 0.15) is 37.0 Å². The van der Waals surface area contributed by atoms with E-state index in [-0.39, 0.29) is 12.0 Å². The molecule has 1 fully saturated rings. The Hall–Kier alpha value is -2.34. The Balaban J connectivity index is 1.56. The summed E-state index contributed by atoms with van der Waals surface area (Å²) in [6.07, 6.45) is 4.02. The van der Waals surface area contributed by atoms with Crippen LogP contribution in [0.4, 0.5) is 5.82 Å². The first-order valence-electron chi connectivity index (χ1n) is 8.79. The molecule has 6 heteroatoms. The van der Waals surface area contributed by atoms with Crippen molar-refractivity contribution in [2.45, 2.75) is 39.3 Å². The Labute approximate surface area is 148 Å². The van der Waals surface area contributed by atoms with Crippen LogP contribution in [0.3, 0.4) is 0 Å². The highest BCUT2D eigenvalue weighted by atomic mass is 16.5. The molecule has 1 aliphatic rings. The van der Waals surface area contributed by atoms with Gasteiger partial charge < -0.3 is 14.8 Å².